The maximum atomic E-state index is 9.27. The third-order valence-corrected chi connectivity index (χ3v) is 3.75. The van der Waals surface area contributed by atoms with Gasteiger partial charge in [-0.2, -0.15) is 0 Å². The van der Waals surface area contributed by atoms with E-state index >= 15 is 0 Å². The summed E-state index contributed by atoms with van der Waals surface area (Å²) in [5.41, 5.74) is 2.46. The fraction of sp³-hybridized carbons (Fsp3) is 0.316. The van der Waals surface area contributed by atoms with Gasteiger partial charge in [0.1, 0.15) is 5.75 Å². The molecule has 1 unspecified atom stereocenters. The van der Waals surface area contributed by atoms with Crippen LogP contribution in [0.3, 0.4) is 0 Å². The van der Waals surface area contributed by atoms with Crippen molar-refractivity contribution >= 4 is 5.96 Å². The predicted molar refractivity (Wildman–Crippen MR) is 95.8 cm³/mol. The van der Waals surface area contributed by atoms with E-state index in [1.807, 2.05) is 30.3 Å². The molecule has 0 spiro atoms. The number of guanidine groups is 1. The lowest BCUT2D eigenvalue weighted by molar-refractivity contribution is 0.475. The normalized spacial score (nSPS) is 12.7. The fourth-order valence-corrected chi connectivity index (χ4v) is 2.39. The van der Waals surface area contributed by atoms with Crippen LogP contribution in [-0.4, -0.2) is 24.7 Å². The molecule has 122 valence electrons. The molecule has 0 aliphatic rings. The van der Waals surface area contributed by atoms with Crippen molar-refractivity contribution in [3.8, 4) is 5.75 Å². The molecule has 0 bridgehead atoms. The molecule has 0 fully saturated rings. The lowest BCUT2D eigenvalue weighted by atomic mass is 10.1. The fourth-order valence-electron chi connectivity index (χ4n) is 2.39. The number of aryl methyl sites for hydroxylation is 1. The van der Waals surface area contributed by atoms with Gasteiger partial charge >= 0.3 is 0 Å². The summed E-state index contributed by atoms with van der Waals surface area (Å²) in [6.07, 6.45) is 1.98. The summed E-state index contributed by atoms with van der Waals surface area (Å²) in [4.78, 5) is 4.27. The average Bonchev–Trinajstić information content (AvgIpc) is 2.59. The minimum Gasteiger partial charge on any atom is -0.508 e. The molecule has 2 rings (SSSR count). The van der Waals surface area contributed by atoms with E-state index in [1.165, 1.54) is 11.1 Å². The van der Waals surface area contributed by atoms with Crippen molar-refractivity contribution < 1.29 is 5.11 Å². The number of nitrogens with one attached hydrogen (secondary N) is 2. The van der Waals surface area contributed by atoms with E-state index in [2.05, 4.69) is 34.7 Å². The van der Waals surface area contributed by atoms with Crippen molar-refractivity contribution in [2.45, 2.75) is 25.8 Å². The summed E-state index contributed by atoms with van der Waals surface area (Å²) < 4.78 is 0. The summed E-state index contributed by atoms with van der Waals surface area (Å²) in [5, 5.41) is 16.0. The highest BCUT2D eigenvalue weighted by atomic mass is 16.3. The van der Waals surface area contributed by atoms with E-state index in [0.717, 1.165) is 25.3 Å². The van der Waals surface area contributed by atoms with Crippen molar-refractivity contribution in [1.29, 1.82) is 0 Å². The van der Waals surface area contributed by atoms with Gasteiger partial charge in [0.05, 0.1) is 6.04 Å². The van der Waals surface area contributed by atoms with Gasteiger partial charge in [-0.25, -0.2) is 0 Å². The molecule has 0 radical (unpaired) electrons. The van der Waals surface area contributed by atoms with Gasteiger partial charge in [-0.15, -0.1) is 0 Å². The standard InChI is InChI=1S/C19H25N3O/c1-15(17-8-4-3-5-9-17)22-19(20-2)21-14-6-7-16-10-12-18(23)13-11-16/h3-5,8-13,15,23H,6-7,14H2,1-2H3,(H2,20,21,22). The Balaban J connectivity index is 1.74. The summed E-state index contributed by atoms with van der Waals surface area (Å²) in [6.45, 7) is 2.97. The Kier molecular flexibility index (Phi) is 6.48. The predicted octanol–water partition coefficient (Wildman–Crippen LogP) is 3.25. The zero-order valence-electron chi connectivity index (χ0n) is 13.8. The zero-order valence-corrected chi connectivity index (χ0v) is 13.8. The minimum atomic E-state index is 0.208. The van der Waals surface area contributed by atoms with Gasteiger partial charge in [-0.1, -0.05) is 42.5 Å². The van der Waals surface area contributed by atoms with Crippen molar-refractivity contribution in [2.75, 3.05) is 13.6 Å². The number of hydrogen-bond acceptors (Lipinski definition) is 2. The van der Waals surface area contributed by atoms with Crippen LogP contribution < -0.4 is 10.6 Å². The van der Waals surface area contributed by atoms with E-state index < -0.39 is 0 Å². The van der Waals surface area contributed by atoms with E-state index in [-0.39, 0.29) is 6.04 Å². The van der Waals surface area contributed by atoms with Crippen molar-refractivity contribution in [3.63, 3.8) is 0 Å². The Bertz CT molecular complexity index is 608. The highest BCUT2D eigenvalue weighted by molar-refractivity contribution is 5.80. The van der Waals surface area contributed by atoms with E-state index in [4.69, 9.17) is 0 Å². The topological polar surface area (TPSA) is 56.7 Å². The first-order valence-corrected chi connectivity index (χ1v) is 7.99. The summed E-state index contributed by atoms with van der Waals surface area (Å²) in [5.74, 6) is 1.12. The molecule has 2 aromatic carbocycles. The van der Waals surface area contributed by atoms with Crippen LogP contribution in [0.1, 0.15) is 30.5 Å². The number of benzene rings is 2. The molecule has 2 aromatic rings. The number of rotatable bonds is 6. The second kappa shape index (κ2) is 8.83. The number of phenolic OH excluding ortho intramolecular Hbond substituents is 1. The highest BCUT2D eigenvalue weighted by Crippen LogP contribution is 2.11. The van der Waals surface area contributed by atoms with Gasteiger partial charge in [0.2, 0.25) is 0 Å². The molecule has 1 atom stereocenters. The molecule has 0 aliphatic carbocycles. The largest absolute Gasteiger partial charge is 0.508 e. The Hall–Kier alpha value is -2.49. The first-order valence-electron chi connectivity index (χ1n) is 7.99. The van der Waals surface area contributed by atoms with Crippen LogP contribution in [0.15, 0.2) is 59.6 Å². The molecule has 4 nitrogen and oxygen atoms in total. The van der Waals surface area contributed by atoms with Crippen LogP contribution >= 0.6 is 0 Å². The van der Waals surface area contributed by atoms with Gasteiger partial charge in [-0.05, 0) is 43.0 Å². The van der Waals surface area contributed by atoms with Gasteiger partial charge < -0.3 is 15.7 Å². The smallest absolute Gasteiger partial charge is 0.191 e. The first kappa shape index (κ1) is 16.9. The SMILES string of the molecule is CN=C(NCCCc1ccc(O)cc1)NC(C)c1ccccc1. The maximum absolute atomic E-state index is 9.27. The zero-order chi connectivity index (χ0) is 16.5. The van der Waals surface area contributed by atoms with Gasteiger partial charge in [0, 0.05) is 13.6 Å². The van der Waals surface area contributed by atoms with E-state index in [1.54, 1.807) is 19.2 Å². The van der Waals surface area contributed by atoms with Gasteiger partial charge in [-0.3, -0.25) is 4.99 Å². The number of nitrogens with zero attached hydrogens (tertiary/aromatic N) is 1. The van der Waals surface area contributed by atoms with E-state index in [0.29, 0.717) is 5.75 Å². The first-order chi connectivity index (χ1) is 11.2. The number of aromatic hydroxyl groups is 1. The van der Waals surface area contributed by atoms with Gasteiger partial charge in [0.15, 0.2) is 5.96 Å². The number of hydrogen-bond donors (Lipinski definition) is 3. The van der Waals surface area contributed by atoms with E-state index in [9.17, 15) is 5.11 Å². The molecule has 23 heavy (non-hydrogen) atoms. The van der Waals surface area contributed by atoms with Gasteiger partial charge in [0.25, 0.3) is 0 Å². The Morgan fingerprint density at radius 1 is 1.09 bits per heavy atom. The monoisotopic (exact) mass is 311 g/mol. The molecule has 0 saturated heterocycles. The van der Waals surface area contributed by atoms with Crippen LogP contribution in [0.25, 0.3) is 0 Å². The molecule has 0 saturated carbocycles. The molecular formula is C19H25N3O. The lowest BCUT2D eigenvalue weighted by Gasteiger charge is -2.18. The second-order valence-corrected chi connectivity index (χ2v) is 5.55. The highest BCUT2D eigenvalue weighted by Gasteiger charge is 2.06. The molecule has 0 heterocycles. The quantitative estimate of drug-likeness (QED) is 0.436. The van der Waals surface area contributed by atoms with Crippen molar-refractivity contribution in [3.05, 3.63) is 65.7 Å². The minimum absolute atomic E-state index is 0.208. The summed E-state index contributed by atoms with van der Waals surface area (Å²) in [6, 6.07) is 17.9. The Morgan fingerprint density at radius 2 is 1.78 bits per heavy atom. The van der Waals surface area contributed by atoms with Crippen LogP contribution in [0, 0.1) is 0 Å². The van der Waals surface area contributed by atoms with Crippen molar-refractivity contribution in [2.24, 2.45) is 4.99 Å². The Morgan fingerprint density at radius 3 is 2.43 bits per heavy atom. The maximum Gasteiger partial charge on any atom is 0.191 e. The average molecular weight is 311 g/mol. The summed E-state index contributed by atoms with van der Waals surface area (Å²) in [7, 11) is 1.78. The molecule has 0 amide bonds. The molecule has 0 aliphatic heterocycles. The van der Waals surface area contributed by atoms with Crippen LogP contribution in [0.5, 0.6) is 5.75 Å². The van der Waals surface area contributed by atoms with Crippen LogP contribution in [-0.2, 0) is 6.42 Å². The molecular weight excluding hydrogens is 286 g/mol. The van der Waals surface area contributed by atoms with Crippen LogP contribution in [0.2, 0.25) is 0 Å². The van der Waals surface area contributed by atoms with Crippen molar-refractivity contribution in [1.82, 2.24) is 10.6 Å². The molecule has 3 N–H and O–H groups in total. The molecule has 0 aromatic heterocycles. The number of aliphatic imine (C=N–C) groups is 1. The lowest BCUT2D eigenvalue weighted by Crippen LogP contribution is -2.39. The second-order valence-electron chi connectivity index (χ2n) is 5.55. The number of phenols is 1. The van der Waals surface area contributed by atoms with Crippen LogP contribution in [0.4, 0.5) is 0 Å². The summed E-state index contributed by atoms with van der Waals surface area (Å²) >= 11 is 0. The third kappa shape index (κ3) is 5.66. The third-order valence-electron chi connectivity index (χ3n) is 3.75. The molecule has 4 heteroatoms. The Labute approximate surface area is 138 Å².